The zero-order chi connectivity index (χ0) is 11.4. The highest BCUT2D eigenvalue weighted by Crippen LogP contribution is 2.26. The van der Waals surface area contributed by atoms with Crippen LogP contribution in [0.3, 0.4) is 0 Å². The standard InChI is InChI=1S/C10H7BrINO2/c1-15-9(14)4-7-8(12)3-2-6(5-13)10(7)11/h2-3H,4H2,1H3. The topological polar surface area (TPSA) is 50.1 Å². The van der Waals surface area contributed by atoms with Crippen LogP contribution in [-0.4, -0.2) is 13.1 Å². The first-order valence-electron chi connectivity index (χ1n) is 4.04. The number of hydrogen-bond donors (Lipinski definition) is 0. The lowest BCUT2D eigenvalue weighted by Gasteiger charge is -2.07. The van der Waals surface area contributed by atoms with E-state index in [4.69, 9.17) is 5.26 Å². The van der Waals surface area contributed by atoms with E-state index in [0.717, 1.165) is 9.13 Å². The van der Waals surface area contributed by atoms with Crippen molar-refractivity contribution in [2.75, 3.05) is 7.11 Å². The third kappa shape index (κ3) is 2.92. The van der Waals surface area contributed by atoms with Crippen molar-refractivity contribution in [3.05, 3.63) is 31.3 Å². The van der Waals surface area contributed by atoms with Crippen molar-refractivity contribution >= 4 is 44.5 Å². The molecule has 0 bridgehead atoms. The fourth-order valence-corrected chi connectivity index (χ4v) is 2.65. The first-order valence-corrected chi connectivity index (χ1v) is 5.91. The summed E-state index contributed by atoms with van der Waals surface area (Å²) < 4.78 is 6.19. The van der Waals surface area contributed by atoms with Gasteiger partial charge in [-0.2, -0.15) is 5.26 Å². The van der Waals surface area contributed by atoms with Gasteiger partial charge in [0.05, 0.1) is 19.1 Å². The Balaban J connectivity index is 3.16. The second kappa shape index (κ2) is 5.47. The summed E-state index contributed by atoms with van der Waals surface area (Å²) in [5, 5.41) is 8.83. The molecular formula is C10H7BrINO2. The van der Waals surface area contributed by atoms with Crippen molar-refractivity contribution in [2.45, 2.75) is 6.42 Å². The molecule has 0 N–H and O–H groups in total. The second-order valence-electron chi connectivity index (χ2n) is 2.75. The predicted molar refractivity (Wildman–Crippen MR) is 67.3 cm³/mol. The number of carbonyl (C=O) groups excluding carboxylic acids is 1. The van der Waals surface area contributed by atoms with Gasteiger partial charge in [-0.1, -0.05) is 0 Å². The van der Waals surface area contributed by atoms with E-state index in [1.165, 1.54) is 7.11 Å². The minimum Gasteiger partial charge on any atom is -0.469 e. The molecule has 0 heterocycles. The number of rotatable bonds is 2. The molecule has 0 saturated heterocycles. The number of hydrogen-bond acceptors (Lipinski definition) is 3. The van der Waals surface area contributed by atoms with Crippen LogP contribution in [0.15, 0.2) is 16.6 Å². The van der Waals surface area contributed by atoms with E-state index in [1.807, 2.05) is 6.07 Å². The van der Waals surface area contributed by atoms with Crippen LogP contribution in [0.25, 0.3) is 0 Å². The maximum atomic E-state index is 11.2. The lowest BCUT2D eigenvalue weighted by atomic mass is 10.1. The number of ether oxygens (including phenoxy) is 1. The summed E-state index contributed by atoms with van der Waals surface area (Å²) in [6.07, 6.45) is 0.172. The summed E-state index contributed by atoms with van der Waals surface area (Å²) in [6.45, 7) is 0. The van der Waals surface area contributed by atoms with Gasteiger partial charge in [0.15, 0.2) is 0 Å². The normalized spacial score (nSPS) is 9.47. The third-order valence-electron chi connectivity index (χ3n) is 1.86. The Morgan fingerprint density at radius 1 is 1.67 bits per heavy atom. The number of nitrogens with zero attached hydrogens (tertiary/aromatic N) is 1. The molecule has 0 aliphatic rings. The lowest BCUT2D eigenvalue weighted by molar-refractivity contribution is -0.139. The smallest absolute Gasteiger partial charge is 0.310 e. The fraction of sp³-hybridized carbons (Fsp3) is 0.200. The maximum absolute atomic E-state index is 11.2. The molecule has 0 aromatic heterocycles. The first-order chi connectivity index (χ1) is 7.10. The Hall–Kier alpha value is -0.610. The van der Waals surface area contributed by atoms with Crippen molar-refractivity contribution < 1.29 is 9.53 Å². The van der Waals surface area contributed by atoms with E-state index in [9.17, 15) is 4.79 Å². The predicted octanol–water partition coefficient (Wildman–Crippen LogP) is 2.64. The number of benzene rings is 1. The number of esters is 1. The quantitative estimate of drug-likeness (QED) is 0.586. The van der Waals surface area contributed by atoms with Gasteiger partial charge in [0.1, 0.15) is 6.07 Å². The summed E-state index contributed by atoms with van der Waals surface area (Å²) in [7, 11) is 1.34. The molecule has 0 aliphatic heterocycles. The van der Waals surface area contributed by atoms with Gasteiger partial charge in [-0.15, -0.1) is 0 Å². The highest BCUT2D eigenvalue weighted by molar-refractivity contribution is 14.1. The van der Waals surface area contributed by atoms with Gasteiger partial charge in [-0.3, -0.25) is 4.79 Å². The molecule has 0 amide bonds. The molecule has 1 rings (SSSR count). The van der Waals surface area contributed by atoms with Crippen molar-refractivity contribution in [3.8, 4) is 6.07 Å². The van der Waals surface area contributed by atoms with Gasteiger partial charge in [0.25, 0.3) is 0 Å². The molecule has 0 atom stereocenters. The highest BCUT2D eigenvalue weighted by atomic mass is 127. The van der Waals surface area contributed by atoms with E-state index in [1.54, 1.807) is 6.07 Å². The summed E-state index contributed by atoms with van der Waals surface area (Å²) in [5.74, 6) is -0.316. The molecule has 0 aliphatic carbocycles. The monoisotopic (exact) mass is 379 g/mol. The lowest BCUT2D eigenvalue weighted by Crippen LogP contribution is -2.07. The minimum absolute atomic E-state index is 0.172. The summed E-state index contributed by atoms with van der Waals surface area (Å²) in [6, 6.07) is 5.57. The Kier molecular flexibility index (Phi) is 4.54. The third-order valence-corrected chi connectivity index (χ3v) is 3.77. The molecule has 15 heavy (non-hydrogen) atoms. The Labute approximate surface area is 110 Å². The molecule has 0 spiro atoms. The van der Waals surface area contributed by atoms with Gasteiger partial charge in [0, 0.05) is 8.04 Å². The van der Waals surface area contributed by atoms with Crippen LogP contribution in [0.4, 0.5) is 0 Å². The van der Waals surface area contributed by atoms with Crippen LogP contribution in [0, 0.1) is 14.9 Å². The van der Waals surface area contributed by atoms with Crippen molar-refractivity contribution in [2.24, 2.45) is 0 Å². The number of methoxy groups -OCH3 is 1. The van der Waals surface area contributed by atoms with Crippen molar-refractivity contribution in [3.63, 3.8) is 0 Å². The Bertz CT molecular complexity index is 440. The molecule has 0 unspecified atom stereocenters. The fourth-order valence-electron chi connectivity index (χ4n) is 1.06. The van der Waals surface area contributed by atoms with Crippen molar-refractivity contribution in [1.82, 2.24) is 0 Å². The Morgan fingerprint density at radius 3 is 2.87 bits per heavy atom. The molecule has 78 valence electrons. The van der Waals surface area contributed by atoms with Crippen LogP contribution >= 0.6 is 38.5 Å². The van der Waals surface area contributed by atoms with Crippen LogP contribution < -0.4 is 0 Å². The van der Waals surface area contributed by atoms with Gasteiger partial charge in [0.2, 0.25) is 0 Å². The maximum Gasteiger partial charge on any atom is 0.310 e. The van der Waals surface area contributed by atoms with E-state index < -0.39 is 0 Å². The molecule has 0 saturated carbocycles. The van der Waals surface area contributed by atoms with Crippen LogP contribution in [-0.2, 0) is 16.0 Å². The number of carbonyl (C=O) groups is 1. The largest absolute Gasteiger partial charge is 0.469 e. The number of halogens is 2. The van der Waals surface area contributed by atoms with Crippen molar-refractivity contribution in [1.29, 1.82) is 5.26 Å². The molecule has 0 fully saturated rings. The van der Waals surface area contributed by atoms with E-state index in [-0.39, 0.29) is 12.4 Å². The van der Waals surface area contributed by atoms with Crippen LogP contribution in [0.2, 0.25) is 0 Å². The average Bonchev–Trinajstić information content (AvgIpc) is 2.24. The molecule has 5 heteroatoms. The van der Waals surface area contributed by atoms with Gasteiger partial charge < -0.3 is 4.74 Å². The molecule has 3 nitrogen and oxygen atoms in total. The van der Waals surface area contributed by atoms with E-state index in [2.05, 4.69) is 49.3 Å². The van der Waals surface area contributed by atoms with Gasteiger partial charge >= 0.3 is 5.97 Å². The average molecular weight is 380 g/mol. The summed E-state index contributed by atoms with van der Waals surface area (Å²) in [4.78, 5) is 11.2. The second-order valence-corrected chi connectivity index (χ2v) is 4.71. The van der Waals surface area contributed by atoms with Crippen LogP contribution in [0.5, 0.6) is 0 Å². The molecule has 0 radical (unpaired) electrons. The first kappa shape index (κ1) is 12.5. The van der Waals surface area contributed by atoms with Gasteiger partial charge in [-0.25, -0.2) is 0 Å². The van der Waals surface area contributed by atoms with E-state index in [0.29, 0.717) is 10.0 Å². The molecule has 1 aromatic carbocycles. The van der Waals surface area contributed by atoms with E-state index >= 15 is 0 Å². The minimum atomic E-state index is -0.316. The number of nitriles is 1. The zero-order valence-electron chi connectivity index (χ0n) is 7.88. The zero-order valence-corrected chi connectivity index (χ0v) is 11.6. The van der Waals surface area contributed by atoms with Crippen LogP contribution in [0.1, 0.15) is 11.1 Å². The summed E-state index contributed by atoms with van der Waals surface area (Å²) >= 11 is 5.44. The Morgan fingerprint density at radius 2 is 2.33 bits per heavy atom. The van der Waals surface area contributed by atoms with Gasteiger partial charge in [-0.05, 0) is 56.2 Å². The molecule has 1 aromatic rings. The SMILES string of the molecule is COC(=O)Cc1c(I)ccc(C#N)c1Br. The highest BCUT2D eigenvalue weighted by Gasteiger charge is 2.13. The summed E-state index contributed by atoms with van der Waals surface area (Å²) in [5.41, 5.74) is 1.32. The molecular weight excluding hydrogens is 373 g/mol.